The van der Waals surface area contributed by atoms with E-state index in [9.17, 15) is 9.59 Å². The summed E-state index contributed by atoms with van der Waals surface area (Å²) in [5.74, 6) is 0.775. The Morgan fingerprint density at radius 3 is 2.47 bits per heavy atom. The molecule has 4 aliphatic rings. The number of benzene rings is 2. The average Bonchev–Trinajstić information content (AvgIpc) is 3.63. The molecular weight excluding hydrogens is 458 g/mol. The van der Waals surface area contributed by atoms with Gasteiger partial charge in [-0.1, -0.05) is 35.5 Å². The maximum atomic E-state index is 13.3. The van der Waals surface area contributed by atoms with Crippen LogP contribution in [0.15, 0.2) is 53.7 Å². The van der Waals surface area contributed by atoms with Gasteiger partial charge in [0.25, 0.3) is 0 Å². The van der Waals surface area contributed by atoms with Crippen LogP contribution in [0.4, 0.5) is 0 Å². The third-order valence-corrected chi connectivity index (χ3v) is 8.25. The molecule has 0 aromatic heterocycles. The van der Waals surface area contributed by atoms with Crippen molar-refractivity contribution >= 4 is 17.5 Å². The molecule has 8 nitrogen and oxygen atoms in total. The number of amides is 2. The molecule has 8 heteroatoms. The number of carbonyl (C=O) groups is 2. The first-order chi connectivity index (χ1) is 17.5. The zero-order valence-electron chi connectivity index (χ0n) is 20.8. The van der Waals surface area contributed by atoms with E-state index in [4.69, 9.17) is 14.3 Å². The normalized spacial score (nSPS) is 29.9. The molecule has 0 N–H and O–H groups in total. The molecule has 2 bridgehead atoms. The second-order valence-corrected chi connectivity index (χ2v) is 10.5. The van der Waals surface area contributed by atoms with Crippen molar-refractivity contribution in [3.05, 3.63) is 59.7 Å². The predicted octanol–water partition coefficient (Wildman–Crippen LogP) is 2.81. The number of carbonyl (C=O) groups excluding carboxylic acids is 2. The number of hydrogen-bond acceptors (Lipinski definition) is 7. The standard InChI is InChI=1S/C28H31N3O5/c1-30(2)11-12-31-27(32)22-18-14-19(23(22)28(31)33)26-24(18)25(29-36-26)17-9-10-20(21(13-17)34-3)35-15-16-7-5-4-6-8-16/h4-10,13,18-19,22-24,26H,11-12,14-15H2,1-3H3/t18-,19+,22+,23-,24+,26+/m1/s1. The van der Waals surface area contributed by atoms with Crippen molar-refractivity contribution in [1.82, 2.24) is 9.80 Å². The number of nitrogens with zero attached hydrogens (tertiary/aromatic N) is 3. The van der Waals surface area contributed by atoms with Gasteiger partial charge in [0.2, 0.25) is 11.8 Å². The Balaban J connectivity index is 1.21. The molecule has 2 aliphatic heterocycles. The van der Waals surface area contributed by atoms with Crippen LogP contribution >= 0.6 is 0 Å². The van der Waals surface area contributed by atoms with Gasteiger partial charge in [-0.15, -0.1) is 0 Å². The summed E-state index contributed by atoms with van der Waals surface area (Å²) in [6.45, 7) is 1.55. The Morgan fingerprint density at radius 2 is 1.75 bits per heavy atom. The quantitative estimate of drug-likeness (QED) is 0.531. The Bertz CT molecular complexity index is 1210. The molecule has 36 heavy (non-hydrogen) atoms. The molecule has 6 rings (SSSR count). The number of fused-ring (bicyclic) bond motifs is 8. The maximum Gasteiger partial charge on any atom is 0.233 e. The molecule has 3 fully saturated rings. The number of likely N-dealkylation sites (N-methyl/N-ethyl adjacent to an activating group) is 1. The van der Waals surface area contributed by atoms with Gasteiger partial charge in [-0.05, 0) is 50.2 Å². The summed E-state index contributed by atoms with van der Waals surface area (Å²) < 4.78 is 11.7. The second-order valence-electron chi connectivity index (χ2n) is 10.5. The number of imide groups is 1. The van der Waals surface area contributed by atoms with Crippen LogP contribution in [0.3, 0.4) is 0 Å². The topological polar surface area (TPSA) is 80.7 Å². The fourth-order valence-electron chi connectivity index (χ4n) is 6.63. The van der Waals surface area contributed by atoms with Crippen LogP contribution in [0, 0.1) is 29.6 Å². The lowest BCUT2D eigenvalue weighted by Gasteiger charge is -2.30. The molecule has 0 spiro atoms. The molecule has 6 atom stereocenters. The predicted molar refractivity (Wildman–Crippen MR) is 133 cm³/mol. The Hall–Kier alpha value is -3.39. The third kappa shape index (κ3) is 3.58. The van der Waals surface area contributed by atoms with Gasteiger partial charge in [0.1, 0.15) is 12.7 Å². The molecule has 1 saturated heterocycles. The van der Waals surface area contributed by atoms with E-state index in [1.54, 1.807) is 7.11 Å². The first-order valence-electron chi connectivity index (χ1n) is 12.6. The number of oxime groups is 1. The molecule has 2 aromatic carbocycles. The van der Waals surface area contributed by atoms with Crippen LogP contribution in [0.25, 0.3) is 0 Å². The first kappa shape index (κ1) is 23.0. The molecule has 2 aromatic rings. The van der Waals surface area contributed by atoms with Gasteiger partial charge in [0.05, 0.1) is 24.7 Å². The van der Waals surface area contributed by atoms with E-state index < -0.39 is 0 Å². The van der Waals surface area contributed by atoms with Crippen molar-refractivity contribution < 1.29 is 23.9 Å². The van der Waals surface area contributed by atoms with E-state index in [1.165, 1.54) is 4.90 Å². The van der Waals surface area contributed by atoms with Gasteiger partial charge in [-0.3, -0.25) is 14.5 Å². The number of methoxy groups -OCH3 is 1. The minimum absolute atomic E-state index is 0.00240. The lowest BCUT2D eigenvalue weighted by atomic mass is 9.71. The molecule has 2 amide bonds. The summed E-state index contributed by atoms with van der Waals surface area (Å²) in [5.41, 5.74) is 2.81. The van der Waals surface area contributed by atoms with Crippen molar-refractivity contribution in [2.24, 2.45) is 34.7 Å². The summed E-state index contributed by atoms with van der Waals surface area (Å²) >= 11 is 0. The van der Waals surface area contributed by atoms with Crippen molar-refractivity contribution in [3.8, 4) is 11.5 Å². The number of hydrogen-bond donors (Lipinski definition) is 0. The largest absolute Gasteiger partial charge is 0.493 e. The van der Waals surface area contributed by atoms with E-state index in [0.717, 1.165) is 23.3 Å². The molecule has 0 radical (unpaired) electrons. The van der Waals surface area contributed by atoms with Gasteiger partial charge >= 0.3 is 0 Å². The SMILES string of the molecule is COc1cc(C2=NO[C@H]3[C@H]4C[C@@H]([C@@H]23)[C@@H]2C(=O)N(CCN(C)C)C(=O)[C@H]42)ccc1OCc1ccccc1. The highest BCUT2D eigenvalue weighted by Crippen LogP contribution is 2.61. The van der Waals surface area contributed by atoms with Crippen LogP contribution < -0.4 is 9.47 Å². The van der Waals surface area contributed by atoms with E-state index >= 15 is 0 Å². The summed E-state index contributed by atoms with van der Waals surface area (Å²) in [6.07, 6.45) is 0.676. The van der Waals surface area contributed by atoms with E-state index in [-0.39, 0.29) is 47.5 Å². The molecule has 188 valence electrons. The molecule has 2 heterocycles. The molecule has 2 aliphatic carbocycles. The minimum Gasteiger partial charge on any atom is -0.493 e. The summed E-state index contributed by atoms with van der Waals surface area (Å²) in [4.78, 5) is 35.9. The minimum atomic E-state index is -0.274. The Morgan fingerprint density at radius 1 is 1.00 bits per heavy atom. The molecular formula is C28H31N3O5. The van der Waals surface area contributed by atoms with Crippen LogP contribution in [0.1, 0.15) is 17.5 Å². The number of rotatable bonds is 8. The van der Waals surface area contributed by atoms with Crippen molar-refractivity contribution in [3.63, 3.8) is 0 Å². The molecule has 0 unspecified atom stereocenters. The van der Waals surface area contributed by atoms with Gasteiger partial charge in [-0.25, -0.2) is 0 Å². The Kier molecular flexibility index (Phi) is 5.71. The van der Waals surface area contributed by atoms with Crippen molar-refractivity contribution in [2.45, 2.75) is 19.1 Å². The fourth-order valence-corrected chi connectivity index (χ4v) is 6.63. The first-order valence-corrected chi connectivity index (χ1v) is 12.6. The highest BCUT2D eigenvalue weighted by molar-refractivity contribution is 6.09. The van der Waals surface area contributed by atoms with E-state index in [2.05, 4.69) is 5.16 Å². The van der Waals surface area contributed by atoms with E-state index in [0.29, 0.717) is 31.2 Å². The highest BCUT2D eigenvalue weighted by atomic mass is 16.6. The van der Waals surface area contributed by atoms with Crippen LogP contribution in [-0.4, -0.2) is 67.7 Å². The van der Waals surface area contributed by atoms with Gasteiger partial charge < -0.3 is 19.2 Å². The maximum absolute atomic E-state index is 13.3. The lowest BCUT2D eigenvalue weighted by Crippen LogP contribution is -2.41. The molecule has 2 saturated carbocycles. The summed E-state index contributed by atoms with van der Waals surface area (Å²) in [5, 5.41) is 4.46. The van der Waals surface area contributed by atoms with Crippen LogP contribution in [0.2, 0.25) is 0 Å². The highest BCUT2D eigenvalue weighted by Gasteiger charge is 2.70. The van der Waals surface area contributed by atoms with Gasteiger partial charge in [-0.2, -0.15) is 0 Å². The van der Waals surface area contributed by atoms with Crippen LogP contribution in [-0.2, 0) is 21.0 Å². The van der Waals surface area contributed by atoms with Crippen molar-refractivity contribution in [2.75, 3.05) is 34.3 Å². The smallest absolute Gasteiger partial charge is 0.233 e. The fraction of sp³-hybridized carbons (Fsp3) is 0.464. The summed E-state index contributed by atoms with van der Waals surface area (Å²) in [6, 6.07) is 15.8. The zero-order valence-corrected chi connectivity index (χ0v) is 20.8. The second kappa shape index (κ2) is 8.92. The van der Waals surface area contributed by atoms with E-state index in [1.807, 2.05) is 67.5 Å². The monoisotopic (exact) mass is 489 g/mol. The third-order valence-electron chi connectivity index (χ3n) is 8.25. The number of ether oxygens (including phenoxy) is 2. The van der Waals surface area contributed by atoms with Crippen molar-refractivity contribution in [1.29, 1.82) is 0 Å². The Labute approximate surface area is 210 Å². The average molecular weight is 490 g/mol. The lowest BCUT2D eigenvalue weighted by molar-refractivity contribution is -0.141. The summed E-state index contributed by atoms with van der Waals surface area (Å²) in [7, 11) is 5.52. The zero-order chi connectivity index (χ0) is 25.0. The number of likely N-dealkylation sites (tertiary alicyclic amines) is 1. The van der Waals surface area contributed by atoms with Gasteiger partial charge in [0, 0.05) is 30.5 Å². The van der Waals surface area contributed by atoms with Crippen LogP contribution in [0.5, 0.6) is 11.5 Å². The van der Waals surface area contributed by atoms with Gasteiger partial charge in [0.15, 0.2) is 11.5 Å².